The van der Waals surface area contributed by atoms with Crippen LogP contribution in [0.5, 0.6) is 0 Å². The Bertz CT molecular complexity index is 932. The van der Waals surface area contributed by atoms with Crippen LogP contribution in [0.2, 0.25) is 0 Å². The van der Waals surface area contributed by atoms with Crippen molar-refractivity contribution in [2.24, 2.45) is 0 Å². The van der Waals surface area contributed by atoms with Crippen molar-refractivity contribution in [2.75, 3.05) is 44.7 Å². The van der Waals surface area contributed by atoms with E-state index in [9.17, 15) is 0 Å². The molecule has 27 heavy (non-hydrogen) atoms. The summed E-state index contributed by atoms with van der Waals surface area (Å²) in [6.07, 6.45) is 3.61. The number of rotatable bonds is 5. The van der Waals surface area contributed by atoms with Crippen LogP contribution in [0.3, 0.4) is 0 Å². The second-order valence-electron chi connectivity index (χ2n) is 6.59. The fourth-order valence-electron chi connectivity index (χ4n) is 3.34. The van der Waals surface area contributed by atoms with Gasteiger partial charge < -0.3 is 14.5 Å². The highest BCUT2D eigenvalue weighted by atomic mass is 16.5. The summed E-state index contributed by atoms with van der Waals surface area (Å²) in [6.45, 7) is 9.60. The first-order valence-electron chi connectivity index (χ1n) is 9.20. The number of fused-ring (bicyclic) bond motifs is 1. The maximum absolute atomic E-state index is 5.12. The van der Waals surface area contributed by atoms with Crippen molar-refractivity contribution in [1.29, 1.82) is 0 Å². The third-order valence-electron chi connectivity index (χ3n) is 4.95. The number of hydrogen-bond acceptors (Lipinski definition) is 8. The van der Waals surface area contributed by atoms with Gasteiger partial charge in [0.15, 0.2) is 5.82 Å². The van der Waals surface area contributed by atoms with Gasteiger partial charge in [0.05, 0.1) is 11.4 Å². The van der Waals surface area contributed by atoms with Crippen molar-refractivity contribution in [3.8, 4) is 11.3 Å². The normalized spacial score (nSPS) is 15.6. The fourth-order valence-corrected chi connectivity index (χ4v) is 3.34. The summed E-state index contributed by atoms with van der Waals surface area (Å²) in [5.41, 5.74) is 2.70. The molecule has 0 amide bonds. The largest absolute Gasteiger partial charge is 0.377 e. The molecular weight excluding hydrogens is 344 g/mol. The zero-order valence-corrected chi connectivity index (χ0v) is 16.0. The lowest BCUT2D eigenvalue weighted by Crippen LogP contribution is -2.46. The van der Waals surface area contributed by atoms with Crippen molar-refractivity contribution in [3.05, 3.63) is 30.0 Å². The van der Waals surface area contributed by atoms with Crippen LogP contribution in [0.4, 0.5) is 5.95 Å². The highest BCUT2D eigenvalue weighted by Crippen LogP contribution is 2.23. The minimum atomic E-state index is 0.361. The number of piperazine rings is 1. The first-order chi connectivity index (χ1) is 13.2. The molecule has 4 rings (SSSR count). The van der Waals surface area contributed by atoms with Crippen LogP contribution in [-0.4, -0.2) is 74.3 Å². The SMILES string of the molecule is CCN1CCN(c2nccc(-c3cnc4nc(COC)nn4c3C)n2)CC1. The molecule has 1 aliphatic rings. The molecule has 0 saturated carbocycles. The number of aromatic nitrogens is 6. The van der Waals surface area contributed by atoms with E-state index in [-0.39, 0.29) is 0 Å². The van der Waals surface area contributed by atoms with Gasteiger partial charge in [0.2, 0.25) is 5.95 Å². The van der Waals surface area contributed by atoms with Crippen molar-refractivity contribution in [1.82, 2.24) is 34.4 Å². The van der Waals surface area contributed by atoms with E-state index in [1.165, 1.54) is 0 Å². The summed E-state index contributed by atoms with van der Waals surface area (Å²) in [6, 6.07) is 1.91. The summed E-state index contributed by atoms with van der Waals surface area (Å²) in [7, 11) is 1.63. The van der Waals surface area contributed by atoms with Crippen molar-refractivity contribution < 1.29 is 4.74 Å². The Kier molecular flexibility index (Phi) is 4.95. The monoisotopic (exact) mass is 368 g/mol. The summed E-state index contributed by atoms with van der Waals surface area (Å²) in [5, 5.41) is 4.48. The Hall–Kier alpha value is -2.65. The van der Waals surface area contributed by atoms with Gasteiger partial charge in [-0.1, -0.05) is 6.92 Å². The molecule has 0 atom stereocenters. The van der Waals surface area contributed by atoms with Gasteiger partial charge >= 0.3 is 0 Å². The van der Waals surface area contributed by atoms with Gasteiger partial charge in [0.25, 0.3) is 5.78 Å². The van der Waals surface area contributed by atoms with Gasteiger partial charge in [0.1, 0.15) is 6.61 Å². The van der Waals surface area contributed by atoms with Gasteiger partial charge in [-0.3, -0.25) is 0 Å². The lowest BCUT2D eigenvalue weighted by Gasteiger charge is -2.34. The molecule has 0 aliphatic carbocycles. The molecule has 3 aromatic heterocycles. The van der Waals surface area contributed by atoms with Gasteiger partial charge in [-0.15, -0.1) is 5.10 Å². The summed E-state index contributed by atoms with van der Waals surface area (Å²) >= 11 is 0. The Morgan fingerprint density at radius 3 is 2.67 bits per heavy atom. The number of ether oxygens (including phenoxy) is 1. The van der Waals surface area contributed by atoms with E-state index in [1.807, 2.05) is 19.2 Å². The Balaban J connectivity index is 1.64. The summed E-state index contributed by atoms with van der Waals surface area (Å²) in [5.74, 6) is 1.94. The fraction of sp³-hybridized carbons (Fsp3) is 0.500. The van der Waals surface area contributed by atoms with E-state index < -0.39 is 0 Å². The van der Waals surface area contributed by atoms with E-state index in [4.69, 9.17) is 9.72 Å². The van der Waals surface area contributed by atoms with Crippen molar-refractivity contribution in [3.63, 3.8) is 0 Å². The molecular formula is C18H24N8O. The zero-order valence-electron chi connectivity index (χ0n) is 16.0. The molecule has 142 valence electrons. The van der Waals surface area contributed by atoms with Crippen LogP contribution in [-0.2, 0) is 11.3 Å². The van der Waals surface area contributed by atoms with E-state index >= 15 is 0 Å². The topological polar surface area (TPSA) is 84.6 Å². The zero-order chi connectivity index (χ0) is 18.8. The molecule has 3 aromatic rings. The highest BCUT2D eigenvalue weighted by Gasteiger charge is 2.19. The standard InChI is InChI=1S/C18H24N8O/c1-4-24-7-9-25(10-8-24)17-19-6-5-15(21-17)14-11-20-18-22-16(12-27-3)23-26(18)13(14)2/h5-6,11H,4,7-10,12H2,1-3H3. The molecule has 1 aliphatic heterocycles. The average Bonchev–Trinajstić information content (AvgIpc) is 3.12. The Morgan fingerprint density at radius 1 is 1.11 bits per heavy atom. The molecule has 0 N–H and O–H groups in total. The minimum Gasteiger partial charge on any atom is -0.377 e. The van der Waals surface area contributed by atoms with E-state index in [0.29, 0.717) is 18.2 Å². The van der Waals surface area contributed by atoms with Gasteiger partial charge in [-0.05, 0) is 19.5 Å². The van der Waals surface area contributed by atoms with Crippen molar-refractivity contribution in [2.45, 2.75) is 20.5 Å². The molecule has 4 heterocycles. The van der Waals surface area contributed by atoms with Gasteiger partial charge in [0, 0.05) is 51.2 Å². The molecule has 1 saturated heterocycles. The number of likely N-dealkylation sites (N-methyl/N-ethyl adjacent to an activating group) is 1. The number of nitrogens with zero attached hydrogens (tertiary/aromatic N) is 8. The van der Waals surface area contributed by atoms with Crippen LogP contribution < -0.4 is 4.90 Å². The van der Waals surface area contributed by atoms with Gasteiger partial charge in [-0.25, -0.2) is 19.5 Å². The molecule has 0 aromatic carbocycles. The first kappa shape index (κ1) is 17.7. The lowest BCUT2D eigenvalue weighted by atomic mass is 10.2. The van der Waals surface area contributed by atoms with Crippen LogP contribution in [0.25, 0.3) is 17.0 Å². The highest BCUT2D eigenvalue weighted by molar-refractivity contribution is 5.63. The van der Waals surface area contributed by atoms with Gasteiger partial charge in [-0.2, -0.15) is 4.98 Å². The number of methoxy groups -OCH3 is 1. The minimum absolute atomic E-state index is 0.361. The van der Waals surface area contributed by atoms with Crippen LogP contribution in [0.15, 0.2) is 18.5 Å². The number of anilines is 1. The predicted molar refractivity (Wildman–Crippen MR) is 102 cm³/mol. The molecule has 0 bridgehead atoms. The van der Waals surface area contributed by atoms with E-state index in [0.717, 1.165) is 55.6 Å². The molecule has 0 unspecified atom stereocenters. The van der Waals surface area contributed by atoms with E-state index in [2.05, 4.69) is 36.8 Å². The second-order valence-corrected chi connectivity index (χ2v) is 6.59. The molecule has 1 fully saturated rings. The molecule has 9 nitrogen and oxygen atoms in total. The second kappa shape index (κ2) is 7.53. The van der Waals surface area contributed by atoms with Crippen molar-refractivity contribution >= 4 is 11.7 Å². The van der Waals surface area contributed by atoms with Crippen LogP contribution >= 0.6 is 0 Å². The number of hydrogen-bond donors (Lipinski definition) is 0. The molecule has 9 heteroatoms. The van der Waals surface area contributed by atoms with Crippen LogP contribution in [0.1, 0.15) is 18.4 Å². The third kappa shape index (κ3) is 3.47. The predicted octanol–water partition coefficient (Wildman–Crippen LogP) is 1.18. The molecule has 0 radical (unpaired) electrons. The lowest BCUT2D eigenvalue weighted by molar-refractivity contribution is 0.178. The molecule has 0 spiro atoms. The maximum Gasteiger partial charge on any atom is 0.252 e. The third-order valence-corrected chi connectivity index (χ3v) is 4.95. The maximum atomic E-state index is 5.12. The number of aryl methyl sites for hydroxylation is 1. The average molecular weight is 368 g/mol. The smallest absolute Gasteiger partial charge is 0.252 e. The summed E-state index contributed by atoms with van der Waals surface area (Å²) in [4.78, 5) is 22.8. The Morgan fingerprint density at radius 2 is 1.93 bits per heavy atom. The van der Waals surface area contributed by atoms with Crippen LogP contribution in [0, 0.1) is 6.92 Å². The van der Waals surface area contributed by atoms with E-state index in [1.54, 1.807) is 17.8 Å². The first-order valence-corrected chi connectivity index (χ1v) is 9.20. The quantitative estimate of drug-likeness (QED) is 0.664. The Labute approximate surface area is 158 Å². The summed E-state index contributed by atoms with van der Waals surface area (Å²) < 4.78 is 6.86.